The predicted octanol–water partition coefficient (Wildman–Crippen LogP) is 12.2. The third kappa shape index (κ3) is 8.75. The Bertz CT molecular complexity index is 1540. The normalized spacial score (nSPS) is 21.9. The fourth-order valence-corrected chi connectivity index (χ4v) is 7.97. The molecular weight excluding hydrogens is 617 g/mol. The molecule has 0 spiro atoms. The fourth-order valence-electron chi connectivity index (χ4n) is 7.97. The van der Waals surface area contributed by atoms with Gasteiger partial charge in [-0.05, 0) is 147 Å². The van der Waals surface area contributed by atoms with E-state index in [1.165, 1.54) is 75.3 Å². The Morgan fingerprint density at radius 1 is 0.480 bits per heavy atom. The average molecular weight is 671 g/mol. The van der Waals surface area contributed by atoms with Crippen LogP contribution in [0.25, 0.3) is 22.3 Å². The minimum Gasteiger partial charge on any atom is -0.455 e. The van der Waals surface area contributed by atoms with E-state index in [-0.39, 0.29) is 0 Å². The molecule has 2 fully saturated rings. The number of esters is 2. The molecular formula is C46H54O4. The summed E-state index contributed by atoms with van der Waals surface area (Å²) in [6.45, 7) is 8.12. The van der Waals surface area contributed by atoms with Crippen LogP contribution >= 0.6 is 0 Å². The molecule has 4 nitrogen and oxygen atoms in total. The second-order valence-electron chi connectivity index (χ2n) is 14.9. The molecule has 0 aliphatic heterocycles. The van der Waals surface area contributed by atoms with Gasteiger partial charge in [0.1, 0.15) is 12.2 Å². The van der Waals surface area contributed by atoms with E-state index in [4.69, 9.17) is 9.47 Å². The number of ether oxygens (including phenoxy) is 2. The molecule has 2 unspecified atom stereocenters. The van der Waals surface area contributed by atoms with Crippen molar-refractivity contribution in [2.45, 2.75) is 116 Å². The summed E-state index contributed by atoms with van der Waals surface area (Å²) in [5.74, 6) is 2.26. The van der Waals surface area contributed by atoms with Gasteiger partial charge in [0.25, 0.3) is 0 Å². The zero-order chi connectivity index (χ0) is 35.0. The summed E-state index contributed by atoms with van der Waals surface area (Å²) >= 11 is 0. The predicted molar refractivity (Wildman–Crippen MR) is 203 cm³/mol. The molecule has 2 atom stereocenters. The summed E-state index contributed by atoms with van der Waals surface area (Å²) in [6.07, 6.45) is 11.9. The summed E-state index contributed by atoms with van der Waals surface area (Å²) in [7, 11) is 0. The first kappa shape index (κ1) is 35.6. The molecule has 2 aliphatic rings. The van der Waals surface area contributed by atoms with E-state index >= 15 is 0 Å². The van der Waals surface area contributed by atoms with Crippen molar-refractivity contribution >= 4 is 11.9 Å². The highest BCUT2D eigenvalue weighted by atomic mass is 16.6. The van der Waals surface area contributed by atoms with Gasteiger partial charge in [0.05, 0.1) is 11.1 Å². The molecule has 0 saturated heterocycles. The van der Waals surface area contributed by atoms with Gasteiger partial charge in [-0.1, -0.05) is 99.5 Å². The maximum Gasteiger partial charge on any atom is 0.338 e. The third-order valence-electron chi connectivity index (χ3n) is 11.8. The Balaban J connectivity index is 0.973. The van der Waals surface area contributed by atoms with Crippen molar-refractivity contribution in [3.05, 3.63) is 119 Å². The van der Waals surface area contributed by atoms with Crippen LogP contribution in [0, 0.1) is 11.8 Å². The maximum absolute atomic E-state index is 13.0. The van der Waals surface area contributed by atoms with Crippen LogP contribution in [0.15, 0.2) is 97.1 Å². The van der Waals surface area contributed by atoms with Crippen molar-refractivity contribution in [3.63, 3.8) is 0 Å². The van der Waals surface area contributed by atoms with E-state index in [1.807, 2.05) is 24.3 Å². The minimum atomic E-state index is -0.610. The molecule has 50 heavy (non-hydrogen) atoms. The first-order chi connectivity index (χ1) is 24.3. The van der Waals surface area contributed by atoms with Crippen molar-refractivity contribution in [2.24, 2.45) is 11.8 Å². The lowest BCUT2D eigenvalue weighted by molar-refractivity contribution is -0.0239. The van der Waals surface area contributed by atoms with Crippen LogP contribution in [-0.2, 0) is 9.47 Å². The van der Waals surface area contributed by atoms with Crippen LogP contribution in [0.1, 0.15) is 136 Å². The summed E-state index contributed by atoms with van der Waals surface area (Å²) < 4.78 is 11.4. The summed E-state index contributed by atoms with van der Waals surface area (Å²) in [5.41, 5.74) is 8.20. The van der Waals surface area contributed by atoms with Gasteiger partial charge in [-0.15, -0.1) is 0 Å². The highest BCUT2D eigenvalue weighted by Gasteiger charge is 2.24. The second kappa shape index (κ2) is 16.7. The van der Waals surface area contributed by atoms with Crippen molar-refractivity contribution in [2.75, 3.05) is 0 Å². The molecule has 0 aromatic heterocycles. The fraction of sp³-hybridized carbons (Fsp3) is 0.435. The van der Waals surface area contributed by atoms with Crippen molar-refractivity contribution < 1.29 is 19.1 Å². The first-order valence-corrected chi connectivity index (χ1v) is 19.1. The molecule has 4 aromatic rings. The van der Waals surface area contributed by atoms with Gasteiger partial charge >= 0.3 is 11.9 Å². The van der Waals surface area contributed by atoms with Gasteiger partial charge in [0.15, 0.2) is 0 Å². The maximum atomic E-state index is 13.0. The average Bonchev–Trinajstić information content (AvgIpc) is 3.18. The first-order valence-electron chi connectivity index (χ1n) is 19.1. The minimum absolute atomic E-state index is 0.436. The lowest BCUT2D eigenvalue weighted by atomic mass is 9.77. The molecule has 262 valence electrons. The SMILES string of the molecule is CC[C@H]1CC[C@H](c2ccc(-c3ccc(C(=O)OC(C)C(C)OC(=O)c4ccc(-c5ccc([C@H]6CC[C@H](CC)CC6)cc5)cc4)cc3)cc2)CC1. The van der Waals surface area contributed by atoms with Crippen molar-refractivity contribution in [1.82, 2.24) is 0 Å². The Hall–Kier alpha value is -4.18. The third-order valence-corrected chi connectivity index (χ3v) is 11.8. The Morgan fingerprint density at radius 2 is 0.760 bits per heavy atom. The van der Waals surface area contributed by atoms with Gasteiger partial charge < -0.3 is 9.47 Å². The Labute approximate surface area is 299 Å². The van der Waals surface area contributed by atoms with E-state index in [1.54, 1.807) is 38.1 Å². The molecule has 0 amide bonds. The number of carbonyl (C=O) groups excluding carboxylic acids is 2. The molecule has 4 heteroatoms. The van der Waals surface area contributed by atoms with E-state index in [0.717, 1.165) is 34.1 Å². The van der Waals surface area contributed by atoms with Crippen LogP contribution in [0.4, 0.5) is 0 Å². The quantitative estimate of drug-likeness (QED) is 0.149. The standard InChI is InChI=1S/C46H54O4/c1-5-33-7-11-35(12-8-33)37-15-19-39(20-16-37)41-23-27-43(28-24-41)45(47)49-31(3)32(4)50-46(48)44-29-25-42(26-30-44)40-21-17-38(18-22-40)36-13-9-34(6-2)10-14-36/h15-36H,5-14H2,1-4H3/t31?,32?,33-,34-,35-,36-. The molecule has 0 bridgehead atoms. The molecule has 0 N–H and O–H groups in total. The van der Waals surface area contributed by atoms with Crippen molar-refractivity contribution in [1.29, 1.82) is 0 Å². The molecule has 0 radical (unpaired) electrons. The lowest BCUT2D eigenvalue weighted by Crippen LogP contribution is -2.30. The second-order valence-corrected chi connectivity index (χ2v) is 14.9. The molecule has 0 heterocycles. The number of benzene rings is 4. The topological polar surface area (TPSA) is 52.6 Å². The molecule has 4 aromatic carbocycles. The van der Waals surface area contributed by atoms with Crippen LogP contribution in [0.3, 0.4) is 0 Å². The van der Waals surface area contributed by atoms with Gasteiger partial charge in [0, 0.05) is 0 Å². The smallest absolute Gasteiger partial charge is 0.338 e. The van der Waals surface area contributed by atoms with Crippen LogP contribution in [-0.4, -0.2) is 24.1 Å². The number of carbonyl (C=O) groups is 2. The summed E-state index contributed by atoms with van der Waals surface area (Å²) in [4.78, 5) is 25.9. The zero-order valence-corrected chi connectivity index (χ0v) is 30.4. The lowest BCUT2D eigenvalue weighted by Gasteiger charge is -2.28. The van der Waals surface area contributed by atoms with E-state index < -0.39 is 24.1 Å². The number of rotatable bonds is 11. The number of hydrogen-bond donors (Lipinski definition) is 0. The van der Waals surface area contributed by atoms with Crippen LogP contribution in [0.2, 0.25) is 0 Å². The Morgan fingerprint density at radius 3 is 1.04 bits per heavy atom. The number of hydrogen-bond acceptors (Lipinski definition) is 4. The highest BCUT2D eigenvalue weighted by molar-refractivity contribution is 5.91. The van der Waals surface area contributed by atoms with Gasteiger partial charge in [0.2, 0.25) is 0 Å². The monoisotopic (exact) mass is 670 g/mol. The highest BCUT2D eigenvalue weighted by Crippen LogP contribution is 2.39. The summed E-state index contributed by atoms with van der Waals surface area (Å²) in [5, 5.41) is 0. The van der Waals surface area contributed by atoms with Crippen molar-refractivity contribution in [3.8, 4) is 22.3 Å². The van der Waals surface area contributed by atoms with E-state index in [2.05, 4.69) is 62.4 Å². The van der Waals surface area contributed by atoms with Crippen LogP contribution in [0.5, 0.6) is 0 Å². The van der Waals surface area contributed by atoms with Gasteiger partial charge in [-0.2, -0.15) is 0 Å². The van der Waals surface area contributed by atoms with Gasteiger partial charge in [-0.3, -0.25) is 0 Å². The van der Waals surface area contributed by atoms with E-state index in [0.29, 0.717) is 23.0 Å². The molecule has 6 rings (SSSR count). The molecule has 2 aliphatic carbocycles. The van der Waals surface area contributed by atoms with Crippen LogP contribution < -0.4 is 0 Å². The zero-order valence-electron chi connectivity index (χ0n) is 30.4. The summed E-state index contributed by atoms with van der Waals surface area (Å²) in [6, 6.07) is 32.9. The largest absolute Gasteiger partial charge is 0.455 e. The Kier molecular flexibility index (Phi) is 11.9. The van der Waals surface area contributed by atoms with Gasteiger partial charge in [-0.25, -0.2) is 9.59 Å². The molecule has 2 saturated carbocycles. The van der Waals surface area contributed by atoms with E-state index in [9.17, 15) is 9.59 Å².